The van der Waals surface area contributed by atoms with Gasteiger partial charge in [0.15, 0.2) is 0 Å². The van der Waals surface area contributed by atoms with Crippen molar-refractivity contribution in [2.45, 2.75) is 29.7 Å². The Morgan fingerprint density at radius 3 is 2.30 bits per heavy atom. The Bertz CT molecular complexity index is 1840. The lowest BCUT2D eigenvalue weighted by atomic mass is 9.83. The first-order valence-electron chi connectivity index (χ1n) is 13.5. The van der Waals surface area contributed by atoms with E-state index >= 15 is 0 Å². The van der Waals surface area contributed by atoms with Gasteiger partial charge in [0, 0.05) is 21.5 Å². The van der Waals surface area contributed by atoms with Gasteiger partial charge >= 0.3 is 10.8 Å². The van der Waals surface area contributed by atoms with Gasteiger partial charge < -0.3 is 10.1 Å². The first-order valence-corrected chi connectivity index (χ1v) is 15.6. The molecule has 0 spiro atoms. The molecule has 13 heteroatoms. The number of halogens is 2. The first kappa shape index (κ1) is 29.8. The molecule has 0 bridgehead atoms. The number of imide groups is 1. The molecule has 0 saturated carbocycles. The van der Waals surface area contributed by atoms with E-state index in [9.17, 15) is 28.4 Å². The number of thiazole rings is 1. The number of anilines is 2. The van der Waals surface area contributed by atoms with E-state index in [1.807, 2.05) is 0 Å². The Kier molecular flexibility index (Phi) is 8.14. The van der Waals surface area contributed by atoms with Crippen molar-refractivity contribution >= 4 is 69.8 Å². The van der Waals surface area contributed by atoms with Crippen LogP contribution in [0.4, 0.5) is 15.8 Å². The summed E-state index contributed by atoms with van der Waals surface area (Å²) >= 11 is 8.00. The zero-order valence-electron chi connectivity index (χ0n) is 23.0. The summed E-state index contributed by atoms with van der Waals surface area (Å²) in [6.45, 7) is 1.58. The summed E-state index contributed by atoms with van der Waals surface area (Å²) in [4.78, 5) is 67.2. The Balaban J connectivity index is 1.33. The zero-order valence-corrected chi connectivity index (χ0v) is 25.4. The van der Waals surface area contributed by atoms with Crippen LogP contribution >= 0.6 is 34.7 Å². The van der Waals surface area contributed by atoms with Gasteiger partial charge in [0.1, 0.15) is 17.6 Å². The molecule has 0 aliphatic carbocycles. The van der Waals surface area contributed by atoms with Gasteiger partial charge in [-0.15, -0.1) is 0 Å². The molecule has 1 N–H and O–H groups in total. The molecule has 3 aromatic carbocycles. The molecule has 1 saturated heterocycles. The number of thioether (sulfide) groups is 1. The van der Waals surface area contributed by atoms with Crippen LogP contribution < -0.4 is 15.1 Å². The van der Waals surface area contributed by atoms with Gasteiger partial charge in [-0.3, -0.25) is 23.7 Å². The summed E-state index contributed by atoms with van der Waals surface area (Å²) in [6, 6.07) is 18.1. The molecular weight excluding hydrogens is 629 g/mol. The molecule has 44 heavy (non-hydrogen) atoms. The second kappa shape index (κ2) is 12.0. The highest BCUT2D eigenvalue weighted by Gasteiger charge is 2.56. The second-order valence-corrected chi connectivity index (χ2v) is 12.6. The van der Waals surface area contributed by atoms with Crippen LogP contribution in [0.25, 0.3) is 0 Å². The molecule has 3 atom stereocenters. The minimum atomic E-state index is -0.889. The van der Waals surface area contributed by atoms with E-state index < -0.39 is 51.5 Å². The number of esters is 1. The van der Waals surface area contributed by atoms with Gasteiger partial charge in [-0.05, 0) is 73.2 Å². The molecule has 3 heterocycles. The third kappa shape index (κ3) is 5.44. The molecule has 0 unspecified atom stereocenters. The highest BCUT2D eigenvalue weighted by molar-refractivity contribution is 8.00. The maximum absolute atomic E-state index is 13.9. The molecule has 3 amide bonds. The topological polar surface area (TPSA) is 115 Å². The van der Waals surface area contributed by atoms with Crippen LogP contribution in [0.1, 0.15) is 33.6 Å². The summed E-state index contributed by atoms with van der Waals surface area (Å²) in [5, 5.41) is 2.68. The van der Waals surface area contributed by atoms with Crippen LogP contribution in [0.15, 0.2) is 82.6 Å². The number of ether oxygens (including phenoxy) is 1. The fourth-order valence-electron chi connectivity index (χ4n) is 5.38. The van der Waals surface area contributed by atoms with Crippen LogP contribution in [0.3, 0.4) is 0 Å². The number of carbonyl (C=O) groups excluding carboxylic acids is 4. The Morgan fingerprint density at radius 2 is 1.64 bits per heavy atom. The monoisotopic (exact) mass is 651 g/mol. The average molecular weight is 652 g/mol. The van der Waals surface area contributed by atoms with Crippen molar-refractivity contribution in [2.75, 3.05) is 16.8 Å². The standard InChI is InChI=1S/C31H23ClFN3O6S2/c1-2-42-30(40)17-5-11-20(12-6-17)34-22(37)15-35-29-26(44-31(35)41)23(16-3-9-19(33)10-4-16)24-25(43-29)28(39)36(27(24)38)21-13-7-18(32)8-14-21/h3-14,23-25H,2,15H2,1H3,(H,34,37)/t23-,24+,25-/m0/s1. The largest absolute Gasteiger partial charge is 0.462 e. The SMILES string of the molecule is CCOC(=O)c1ccc(NC(=O)Cn2c3c(sc2=O)[C@@H](c2ccc(F)cc2)[C@H]2C(=O)N(c4ccc(Cl)cc4)C(=O)[C@H]2S3)cc1. The number of nitrogens with zero attached hydrogens (tertiary/aromatic N) is 2. The lowest BCUT2D eigenvalue weighted by Gasteiger charge is -2.30. The molecule has 224 valence electrons. The minimum absolute atomic E-state index is 0.234. The van der Waals surface area contributed by atoms with E-state index in [0.717, 1.165) is 28.0 Å². The Labute approximate surface area is 263 Å². The van der Waals surface area contributed by atoms with Crippen LogP contribution in [0.2, 0.25) is 5.02 Å². The van der Waals surface area contributed by atoms with Crippen molar-refractivity contribution in [2.24, 2.45) is 5.92 Å². The highest BCUT2D eigenvalue weighted by Crippen LogP contribution is 2.53. The number of hydrogen-bond acceptors (Lipinski definition) is 8. The number of aromatic nitrogens is 1. The summed E-state index contributed by atoms with van der Waals surface area (Å²) in [5.74, 6) is -3.93. The van der Waals surface area contributed by atoms with Crippen molar-refractivity contribution in [3.8, 4) is 0 Å². The predicted molar refractivity (Wildman–Crippen MR) is 165 cm³/mol. The van der Waals surface area contributed by atoms with Crippen molar-refractivity contribution in [3.63, 3.8) is 0 Å². The second-order valence-electron chi connectivity index (χ2n) is 10.1. The number of amides is 3. The summed E-state index contributed by atoms with van der Waals surface area (Å²) in [6.07, 6.45) is 0. The van der Waals surface area contributed by atoms with Crippen LogP contribution in [0, 0.1) is 11.7 Å². The maximum Gasteiger partial charge on any atom is 0.338 e. The third-order valence-corrected chi connectivity index (χ3v) is 10.2. The lowest BCUT2D eigenvalue weighted by Crippen LogP contribution is -2.33. The molecule has 1 fully saturated rings. The van der Waals surface area contributed by atoms with Crippen LogP contribution in [0.5, 0.6) is 0 Å². The van der Waals surface area contributed by atoms with Crippen molar-refractivity contribution < 1.29 is 28.3 Å². The fourth-order valence-corrected chi connectivity index (χ4v) is 8.28. The molecule has 9 nitrogen and oxygen atoms in total. The highest BCUT2D eigenvalue weighted by atomic mass is 35.5. The number of rotatable bonds is 7. The fraction of sp³-hybridized carbons (Fsp3) is 0.194. The zero-order chi connectivity index (χ0) is 31.1. The van der Waals surface area contributed by atoms with Gasteiger partial charge in [-0.2, -0.15) is 0 Å². The van der Waals surface area contributed by atoms with Gasteiger partial charge in [0.25, 0.3) is 0 Å². The van der Waals surface area contributed by atoms with Crippen LogP contribution in [-0.2, 0) is 25.7 Å². The van der Waals surface area contributed by atoms with Gasteiger partial charge in [-0.1, -0.05) is 46.8 Å². The van der Waals surface area contributed by atoms with E-state index in [2.05, 4.69) is 5.32 Å². The summed E-state index contributed by atoms with van der Waals surface area (Å²) < 4.78 is 20.2. The number of hydrogen-bond donors (Lipinski definition) is 1. The van der Waals surface area contributed by atoms with Crippen molar-refractivity contribution in [1.29, 1.82) is 0 Å². The Morgan fingerprint density at radius 1 is 0.955 bits per heavy atom. The van der Waals surface area contributed by atoms with E-state index in [-0.39, 0.29) is 13.2 Å². The smallest absolute Gasteiger partial charge is 0.338 e. The molecular formula is C31H23ClFN3O6S2. The molecule has 4 aromatic rings. The van der Waals surface area contributed by atoms with Crippen molar-refractivity contribution in [1.82, 2.24) is 4.57 Å². The first-order chi connectivity index (χ1) is 21.2. The predicted octanol–water partition coefficient (Wildman–Crippen LogP) is 5.31. The minimum Gasteiger partial charge on any atom is -0.462 e. The summed E-state index contributed by atoms with van der Waals surface area (Å²) in [7, 11) is 0. The van der Waals surface area contributed by atoms with E-state index in [4.69, 9.17) is 16.3 Å². The van der Waals surface area contributed by atoms with Crippen molar-refractivity contribution in [3.05, 3.63) is 109 Å². The van der Waals surface area contributed by atoms with Gasteiger partial charge in [0.05, 0.1) is 28.8 Å². The maximum atomic E-state index is 13.9. The number of carbonyl (C=O) groups is 4. The molecule has 0 radical (unpaired) electrons. The normalized spacial score (nSPS) is 19.0. The van der Waals surface area contributed by atoms with Crippen LogP contribution in [-0.4, -0.2) is 40.1 Å². The molecule has 6 rings (SSSR count). The number of nitrogens with one attached hydrogen (secondary N) is 1. The third-order valence-electron chi connectivity index (χ3n) is 7.34. The molecule has 2 aliphatic heterocycles. The number of benzene rings is 3. The van der Waals surface area contributed by atoms with E-state index in [1.165, 1.54) is 28.8 Å². The summed E-state index contributed by atoms with van der Waals surface area (Å²) in [5.41, 5.74) is 1.68. The van der Waals surface area contributed by atoms with Gasteiger partial charge in [0.2, 0.25) is 17.7 Å². The average Bonchev–Trinajstić information content (AvgIpc) is 3.45. The van der Waals surface area contributed by atoms with Gasteiger partial charge in [-0.25, -0.2) is 14.1 Å². The number of fused-ring (bicyclic) bond motifs is 2. The molecule has 1 aromatic heterocycles. The van der Waals surface area contributed by atoms with E-state index in [1.54, 1.807) is 55.5 Å². The Hall–Kier alpha value is -4.26. The quantitative estimate of drug-likeness (QED) is 0.213. The lowest BCUT2D eigenvalue weighted by molar-refractivity contribution is -0.122. The van der Waals surface area contributed by atoms with E-state index in [0.29, 0.717) is 37.4 Å². The molecule has 2 aliphatic rings.